The predicted molar refractivity (Wildman–Crippen MR) is 115 cm³/mol. The highest BCUT2D eigenvalue weighted by Gasteiger charge is 2.19. The predicted octanol–water partition coefficient (Wildman–Crippen LogP) is 3.83. The molecule has 2 rings (SSSR count). The Morgan fingerprint density at radius 3 is 2.13 bits per heavy atom. The normalized spacial score (nSPS) is 11.2. The smallest absolute Gasteiger partial charge is 0.412 e. The third kappa shape index (κ3) is 9.00. The van der Waals surface area contributed by atoms with E-state index in [1.165, 1.54) is 11.8 Å². The van der Waals surface area contributed by atoms with Gasteiger partial charge in [-0.3, -0.25) is 9.59 Å². The lowest BCUT2D eigenvalue weighted by Gasteiger charge is -2.14. The van der Waals surface area contributed by atoms with Crippen LogP contribution in [-0.2, 0) is 14.3 Å². The van der Waals surface area contributed by atoms with Crippen molar-refractivity contribution in [2.75, 3.05) is 19.4 Å². The molecule has 2 aromatic carbocycles. The van der Waals surface area contributed by atoms with Crippen molar-refractivity contribution in [3.8, 4) is 11.5 Å². The number of carbonyl (C=O) groups is 3. The molecule has 0 aliphatic rings. The van der Waals surface area contributed by atoms with Gasteiger partial charge in [-0.15, -0.1) is 0 Å². The summed E-state index contributed by atoms with van der Waals surface area (Å²) in [5.74, 6) is 0.217. The second-order valence-electron chi connectivity index (χ2n) is 6.20. The minimum atomic E-state index is -0.615. The van der Waals surface area contributed by atoms with Crippen LogP contribution < -0.4 is 14.8 Å². The van der Waals surface area contributed by atoms with Gasteiger partial charge in [-0.05, 0) is 43.4 Å². The summed E-state index contributed by atoms with van der Waals surface area (Å²) >= 11 is 1.36. The van der Waals surface area contributed by atoms with Gasteiger partial charge in [0.25, 0.3) is 0 Å². The summed E-state index contributed by atoms with van der Waals surface area (Å²) in [5.41, 5.74) is 0. The lowest BCUT2D eigenvalue weighted by molar-refractivity contribution is -0.143. The van der Waals surface area contributed by atoms with Gasteiger partial charge in [0, 0.05) is 6.42 Å². The maximum Gasteiger partial charge on any atom is 0.412 e. The van der Waals surface area contributed by atoms with Crippen LogP contribution in [0, 0.1) is 0 Å². The Hall–Kier alpha value is -3.00. The lowest BCUT2D eigenvalue weighted by atomic mass is 10.2. The second kappa shape index (κ2) is 13.3. The first kappa shape index (κ1) is 23.3. The van der Waals surface area contributed by atoms with Crippen molar-refractivity contribution >= 4 is 29.8 Å². The van der Waals surface area contributed by atoms with Gasteiger partial charge in [-0.1, -0.05) is 36.4 Å². The van der Waals surface area contributed by atoms with Gasteiger partial charge in [0.05, 0.1) is 6.54 Å². The molecule has 1 unspecified atom stereocenters. The zero-order valence-corrected chi connectivity index (χ0v) is 17.6. The monoisotopic (exact) mass is 431 g/mol. The maximum absolute atomic E-state index is 12.2. The van der Waals surface area contributed by atoms with Crippen molar-refractivity contribution in [1.82, 2.24) is 5.32 Å². The van der Waals surface area contributed by atoms with Crippen LogP contribution in [0.3, 0.4) is 0 Å². The molecule has 0 saturated heterocycles. The molecular formula is C22H25NO6S. The molecule has 0 bridgehead atoms. The minimum Gasteiger partial charge on any atom is -0.463 e. The number of hydrogen-bond acceptors (Lipinski definition) is 7. The van der Waals surface area contributed by atoms with E-state index >= 15 is 0 Å². The van der Waals surface area contributed by atoms with Crippen molar-refractivity contribution in [2.24, 2.45) is 0 Å². The SMILES string of the molecule is CSC(CCCC(=O)Oc1ccccc1)C(=O)OCCNC(=O)Oc1ccccc1. The van der Waals surface area contributed by atoms with E-state index < -0.39 is 6.09 Å². The summed E-state index contributed by atoms with van der Waals surface area (Å²) < 4.78 is 15.5. The highest BCUT2D eigenvalue weighted by Crippen LogP contribution is 2.17. The zero-order valence-electron chi connectivity index (χ0n) is 16.7. The summed E-state index contributed by atoms with van der Waals surface area (Å²) in [5, 5.41) is 2.13. The third-order valence-electron chi connectivity index (χ3n) is 3.94. The molecule has 1 N–H and O–H groups in total. The molecule has 0 heterocycles. The van der Waals surface area contributed by atoms with E-state index in [-0.39, 0.29) is 36.8 Å². The number of benzene rings is 2. The van der Waals surface area contributed by atoms with E-state index in [1.807, 2.05) is 18.4 Å². The summed E-state index contributed by atoms with van der Waals surface area (Å²) in [7, 11) is 0. The molecule has 1 amide bonds. The number of amides is 1. The van der Waals surface area contributed by atoms with Gasteiger partial charge in [-0.25, -0.2) is 4.79 Å². The molecule has 1 atom stereocenters. The number of rotatable bonds is 11. The van der Waals surface area contributed by atoms with Gasteiger partial charge >= 0.3 is 18.0 Å². The average molecular weight is 432 g/mol. The molecule has 0 saturated carbocycles. The molecule has 160 valence electrons. The molecule has 2 aromatic rings. The van der Waals surface area contributed by atoms with Gasteiger partial charge in [0.15, 0.2) is 0 Å². The molecule has 0 spiro atoms. The fraction of sp³-hybridized carbons (Fsp3) is 0.318. The van der Waals surface area contributed by atoms with E-state index in [0.29, 0.717) is 24.3 Å². The molecular weight excluding hydrogens is 406 g/mol. The number of hydrogen-bond donors (Lipinski definition) is 1. The van der Waals surface area contributed by atoms with Crippen molar-refractivity contribution < 1.29 is 28.6 Å². The summed E-state index contributed by atoms with van der Waals surface area (Å²) in [6, 6.07) is 17.5. The van der Waals surface area contributed by atoms with E-state index in [4.69, 9.17) is 14.2 Å². The highest BCUT2D eigenvalue weighted by atomic mass is 32.2. The van der Waals surface area contributed by atoms with Crippen LogP contribution in [0.5, 0.6) is 11.5 Å². The van der Waals surface area contributed by atoms with Crippen LogP contribution in [0.25, 0.3) is 0 Å². The quantitative estimate of drug-likeness (QED) is 0.328. The van der Waals surface area contributed by atoms with Crippen molar-refractivity contribution in [3.63, 3.8) is 0 Å². The second-order valence-corrected chi connectivity index (χ2v) is 7.24. The fourth-order valence-corrected chi connectivity index (χ4v) is 3.13. The molecule has 0 fully saturated rings. The van der Waals surface area contributed by atoms with Gasteiger partial charge in [-0.2, -0.15) is 11.8 Å². The van der Waals surface area contributed by atoms with Gasteiger partial charge in [0.1, 0.15) is 23.4 Å². The zero-order chi connectivity index (χ0) is 21.6. The standard InChI is InChI=1S/C22H25NO6S/c1-30-19(13-8-14-20(24)28-17-9-4-2-5-10-17)21(25)27-16-15-23-22(26)29-18-11-6-3-7-12-18/h2-7,9-12,19H,8,13-16H2,1H3,(H,23,26). The third-order valence-corrected chi connectivity index (χ3v) is 4.94. The summed E-state index contributed by atoms with van der Waals surface area (Å²) in [4.78, 5) is 35.7. The molecule has 7 nitrogen and oxygen atoms in total. The van der Waals surface area contributed by atoms with Crippen LogP contribution in [0.15, 0.2) is 60.7 Å². The number of para-hydroxylation sites is 2. The Morgan fingerprint density at radius 2 is 1.53 bits per heavy atom. The Kier molecular flexibility index (Phi) is 10.3. The van der Waals surface area contributed by atoms with E-state index in [1.54, 1.807) is 48.5 Å². The number of nitrogens with one attached hydrogen (secondary N) is 1. The highest BCUT2D eigenvalue weighted by molar-refractivity contribution is 7.99. The Labute approximate surface area is 180 Å². The van der Waals surface area contributed by atoms with Crippen molar-refractivity contribution in [1.29, 1.82) is 0 Å². The molecule has 0 aliphatic carbocycles. The molecule has 0 aliphatic heterocycles. The topological polar surface area (TPSA) is 90.9 Å². The fourth-order valence-electron chi connectivity index (χ4n) is 2.46. The Bertz CT molecular complexity index is 800. The lowest BCUT2D eigenvalue weighted by Crippen LogP contribution is -2.31. The van der Waals surface area contributed by atoms with E-state index in [0.717, 1.165) is 0 Å². The number of esters is 2. The molecule has 8 heteroatoms. The van der Waals surface area contributed by atoms with Crippen LogP contribution in [-0.4, -0.2) is 42.7 Å². The van der Waals surface area contributed by atoms with Crippen LogP contribution in [0.4, 0.5) is 4.79 Å². The Morgan fingerprint density at radius 1 is 0.933 bits per heavy atom. The summed E-state index contributed by atoms with van der Waals surface area (Å²) in [6.45, 7) is 0.178. The average Bonchev–Trinajstić information content (AvgIpc) is 2.75. The first-order chi connectivity index (χ1) is 14.6. The Balaban J connectivity index is 1.59. The first-order valence-corrected chi connectivity index (χ1v) is 10.8. The van der Waals surface area contributed by atoms with Crippen LogP contribution in [0.2, 0.25) is 0 Å². The van der Waals surface area contributed by atoms with E-state index in [9.17, 15) is 14.4 Å². The first-order valence-electron chi connectivity index (χ1n) is 9.54. The van der Waals surface area contributed by atoms with Gasteiger partial charge < -0.3 is 19.5 Å². The number of ether oxygens (including phenoxy) is 3. The van der Waals surface area contributed by atoms with Crippen LogP contribution >= 0.6 is 11.8 Å². The van der Waals surface area contributed by atoms with Crippen LogP contribution in [0.1, 0.15) is 19.3 Å². The maximum atomic E-state index is 12.2. The number of thioether (sulfide) groups is 1. The van der Waals surface area contributed by atoms with E-state index in [2.05, 4.69) is 5.32 Å². The molecule has 0 radical (unpaired) electrons. The molecule has 0 aromatic heterocycles. The number of carbonyl (C=O) groups excluding carboxylic acids is 3. The van der Waals surface area contributed by atoms with Crippen molar-refractivity contribution in [3.05, 3.63) is 60.7 Å². The summed E-state index contributed by atoms with van der Waals surface area (Å²) in [6.07, 6.45) is 2.41. The largest absolute Gasteiger partial charge is 0.463 e. The van der Waals surface area contributed by atoms with Gasteiger partial charge in [0.2, 0.25) is 0 Å². The molecule has 30 heavy (non-hydrogen) atoms. The minimum absolute atomic E-state index is 0.0375. The van der Waals surface area contributed by atoms with Crippen molar-refractivity contribution in [2.45, 2.75) is 24.5 Å².